The molecule has 0 bridgehead atoms. The van der Waals surface area contributed by atoms with Gasteiger partial charge in [0.1, 0.15) is 17.4 Å². The first-order valence-corrected chi connectivity index (χ1v) is 8.21. The fourth-order valence-electron chi connectivity index (χ4n) is 2.15. The van der Waals surface area contributed by atoms with Gasteiger partial charge in [-0.1, -0.05) is 36.4 Å². The van der Waals surface area contributed by atoms with E-state index in [1.807, 2.05) is 36.4 Å². The van der Waals surface area contributed by atoms with Gasteiger partial charge >= 0.3 is 0 Å². The third-order valence-corrected chi connectivity index (χ3v) is 4.01. The average molecular weight is 385 g/mol. The van der Waals surface area contributed by atoms with Crippen molar-refractivity contribution in [2.45, 2.75) is 6.42 Å². The first-order valence-electron chi connectivity index (χ1n) is 7.41. The maximum Gasteiger partial charge on any atom is 0.261 e. The standard InChI is InChI=1S/C19H17BrN2O2/c1-24-18-8-7-15(12-17(18)20)11-16(13-21)19(23)22-10-9-14-5-3-2-4-6-14/h2-8,11-12H,9-10H2,1H3,(H,22,23)/b16-11+. The lowest BCUT2D eigenvalue weighted by molar-refractivity contribution is -0.117. The molecule has 1 amide bonds. The van der Waals surface area contributed by atoms with E-state index in [1.54, 1.807) is 31.4 Å². The van der Waals surface area contributed by atoms with Crippen LogP contribution in [-0.4, -0.2) is 19.6 Å². The number of ether oxygens (including phenoxy) is 1. The largest absolute Gasteiger partial charge is 0.496 e. The van der Waals surface area contributed by atoms with Crippen LogP contribution in [0.25, 0.3) is 6.08 Å². The van der Waals surface area contributed by atoms with Gasteiger partial charge in [-0.15, -0.1) is 0 Å². The van der Waals surface area contributed by atoms with E-state index in [1.165, 1.54) is 0 Å². The van der Waals surface area contributed by atoms with Gasteiger partial charge in [0.2, 0.25) is 0 Å². The van der Waals surface area contributed by atoms with Crippen molar-refractivity contribution < 1.29 is 9.53 Å². The first-order chi connectivity index (χ1) is 11.6. The monoisotopic (exact) mass is 384 g/mol. The zero-order chi connectivity index (χ0) is 17.4. The van der Waals surface area contributed by atoms with Crippen molar-refractivity contribution in [1.29, 1.82) is 5.26 Å². The van der Waals surface area contributed by atoms with Crippen molar-refractivity contribution in [3.05, 3.63) is 69.7 Å². The molecule has 0 spiro atoms. The highest BCUT2D eigenvalue weighted by atomic mass is 79.9. The van der Waals surface area contributed by atoms with E-state index >= 15 is 0 Å². The SMILES string of the molecule is COc1ccc(/C=C(\C#N)C(=O)NCCc2ccccc2)cc1Br. The lowest BCUT2D eigenvalue weighted by Crippen LogP contribution is -2.26. The van der Waals surface area contributed by atoms with Gasteiger partial charge in [-0.05, 0) is 51.7 Å². The number of methoxy groups -OCH3 is 1. The molecule has 0 saturated heterocycles. The second-order valence-electron chi connectivity index (χ2n) is 5.06. The zero-order valence-corrected chi connectivity index (χ0v) is 14.8. The van der Waals surface area contributed by atoms with E-state index in [0.29, 0.717) is 12.3 Å². The number of halogens is 1. The van der Waals surface area contributed by atoms with Crippen molar-refractivity contribution in [2.75, 3.05) is 13.7 Å². The molecule has 0 atom stereocenters. The van der Waals surface area contributed by atoms with Crippen molar-refractivity contribution in [3.8, 4) is 11.8 Å². The highest BCUT2D eigenvalue weighted by molar-refractivity contribution is 9.10. The Hall–Kier alpha value is -2.58. The maximum absolute atomic E-state index is 12.1. The van der Waals surface area contributed by atoms with Crippen molar-refractivity contribution in [1.82, 2.24) is 5.32 Å². The van der Waals surface area contributed by atoms with Gasteiger partial charge < -0.3 is 10.1 Å². The Kier molecular flexibility index (Phi) is 6.59. The number of benzene rings is 2. The third kappa shape index (κ3) is 4.97. The molecule has 2 rings (SSSR count). The van der Waals surface area contributed by atoms with Crippen LogP contribution in [0, 0.1) is 11.3 Å². The molecule has 5 heteroatoms. The van der Waals surface area contributed by atoms with Crippen LogP contribution in [0.2, 0.25) is 0 Å². The van der Waals surface area contributed by atoms with Crippen molar-refractivity contribution >= 4 is 27.9 Å². The number of carbonyl (C=O) groups excluding carboxylic acids is 1. The van der Waals surface area contributed by atoms with Gasteiger partial charge in [0.25, 0.3) is 5.91 Å². The van der Waals surface area contributed by atoms with Gasteiger partial charge in [0, 0.05) is 6.54 Å². The fraction of sp³-hybridized carbons (Fsp3) is 0.158. The first kappa shape index (κ1) is 17.8. The molecule has 0 fully saturated rings. The summed E-state index contributed by atoms with van der Waals surface area (Å²) in [7, 11) is 1.58. The number of hydrogen-bond acceptors (Lipinski definition) is 3. The molecule has 1 N–H and O–H groups in total. The molecule has 4 nitrogen and oxygen atoms in total. The summed E-state index contributed by atoms with van der Waals surface area (Å²) in [4.78, 5) is 12.1. The van der Waals surface area contributed by atoms with Gasteiger partial charge in [0.05, 0.1) is 11.6 Å². The van der Waals surface area contributed by atoms with Gasteiger partial charge in [-0.2, -0.15) is 5.26 Å². The van der Waals surface area contributed by atoms with E-state index in [-0.39, 0.29) is 11.5 Å². The van der Waals surface area contributed by atoms with Gasteiger partial charge in [-0.3, -0.25) is 4.79 Å². The molecule has 0 aliphatic heterocycles. The third-order valence-electron chi connectivity index (χ3n) is 3.39. The van der Waals surface area contributed by atoms with Crippen LogP contribution >= 0.6 is 15.9 Å². The van der Waals surface area contributed by atoms with E-state index < -0.39 is 0 Å². The minimum absolute atomic E-state index is 0.0696. The van der Waals surface area contributed by atoms with Crippen LogP contribution in [0.15, 0.2) is 58.6 Å². The summed E-state index contributed by atoms with van der Waals surface area (Å²) >= 11 is 3.39. The predicted molar refractivity (Wildman–Crippen MR) is 97.4 cm³/mol. The smallest absolute Gasteiger partial charge is 0.261 e. The Bertz CT molecular complexity index is 780. The average Bonchev–Trinajstić information content (AvgIpc) is 2.60. The Balaban J connectivity index is 2.00. The molecule has 0 aliphatic rings. The Morgan fingerprint density at radius 2 is 2.04 bits per heavy atom. The lowest BCUT2D eigenvalue weighted by atomic mass is 10.1. The second-order valence-corrected chi connectivity index (χ2v) is 5.91. The Morgan fingerprint density at radius 1 is 1.29 bits per heavy atom. The number of nitrogens with one attached hydrogen (secondary N) is 1. The van der Waals surface area contributed by atoms with Crippen LogP contribution in [0.4, 0.5) is 0 Å². The van der Waals surface area contributed by atoms with E-state index in [4.69, 9.17) is 4.74 Å². The number of nitriles is 1. The quantitative estimate of drug-likeness (QED) is 0.609. The summed E-state index contributed by atoms with van der Waals surface area (Å²) in [6.07, 6.45) is 2.28. The molecule has 0 aliphatic carbocycles. The molecule has 0 aromatic heterocycles. The Labute approximate surface area is 149 Å². The minimum Gasteiger partial charge on any atom is -0.496 e. The molecule has 0 saturated carbocycles. The summed E-state index contributed by atoms with van der Waals surface area (Å²) in [6.45, 7) is 0.480. The molecule has 0 heterocycles. The molecule has 0 radical (unpaired) electrons. The summed E-state index contributed by atoms with van der Waals surface area (Å²) in [5.41, 5.74) is 1.96. The molecule has 122 valence electrons. The Morgan fingerprint density at radius 3 is 2.67 bits per heavy atom. The van der Waals surface area contributed by atoms with Crippen LogP contribution in [0.5, 0.6) is 5.75 Å². The molecule has 0 unspecified atom stereocenters. The van der Waals surface area contributed by atoms with Gasteiger partial charge in [-0.25, -0.2) is 0 Å². The number of nitrogens with zero attached hydrogens (tertiary/aromatic N) is 1. The molecular formula is C19H17BrN2O2. The number of carbonyl (C=O) groups is 1. The predicted octanol–water partition coefficient (Wildman–Crippen LogP) is 3.72. The van der Waals surface area contributed by atoms with Crippen molar-refractivity contribution in [2.24, 2.45) is 0 Å². The minimum atomic E-state index is -0.375. The fourth-order valence-corrected chi connectivity index (χ4v) is 2.71. The van der Waals surface area contributed by atoms with E-state index in [0.717, 1.165) is 22.0 Å². The van der Waals surface area contributed by atoms with E-state index in [2.05, 4.69) is 21.2 Å². The van der Waals surface area contributed by atoms with Crippen LogP contribution in [0.1, 0.15) is 11.1 Å². The highest BCUT2D eigenvalue weighted by Crippen LogP contribution is 2.26. The van der Waals surface area contributed by atoms with Crippen LogP contribution in [-0.2, 0) is 11.2 Å². The molecule has 2 aromatic rings. The molecule has 24 heavy (non-hydrogen) atoms. The van der Waals surface area contributed by atoms with Crippen molar-refractivity contribution in [3.63, 3.8) is 0 Å². The van der Waals surface area contributed by atoms with Gasteiger partial charge in [0.15, 0.2) is 0 Å². The molecule has 2 aromatic carbocycles. The lowest BCUT2D eigenvalue weighted by Gasteiger charge is -2.06. The summed E-state index contributed by atoms with van der Waals surface area (Å²) in [5, 5.41) is 12.0. The van der Waals surface area contributed by atoms with Crippen LogP contribution < -0.4 is 10.1 Å². The van der Waals surface area contributed by atoms with Crippen LogP contribution in [0.3, 0.4) is 0 Å². The topological polar surface area (TPSA) is 62.1 Å². The number of amides is 1. The maximum atomic E-state index is 12.1. The van der Waals surface area contributed by atoms with E-state index in [9.17, 15) is 10.1 Å². The zero-order valence-electron chi connectivity index (χ0n) is 13.3. The molecular weight excluding hydrogens is 368 g/mol. The number of rotatable bonds is 6. The summed E-state index contributed by atoms with van der Waals surface area (Å²) < 4.78 is 5.93. The summed E-state index contributed by atoms with van der Waals surface area (Å²) in [6, 6.07) is 17.2. The normalized spacial score (nSPS) is 10.8. The second kappa shape index (κ2) is 8.90. The number of hydrogen-bond donors (Lipinski definition) is 1. The highest BCUT2D eigenvalue weighted by Gasteiger charge is 2.09. The summed E-state index contributed by atoms with van der Waals surface area (Å²) in [5.74, 6) is 0.318.